The zero-order valence-electron chi connectivity index (χ0n) is 11.7. The highest BCUT2D eigenvalue weighted by molar-refractivity contribution is 9.10. The average molecular weight is 336 g/mol. The maximum atomic E-state index is 5.68. The van der Waals surface area contributed by atoms with Crippen molar-refractivity contribution in [3.05, 3.63) is 46.1 Å². The van der Waals surface area contributed by atoms with Gasteiger partial charge in [-0.1, -0.05) is 22.9 Å². The molecule has 5 heteroatoms. The van der Waals surface area contributed by atoms with Crippen molar-refractivity contribution in [1.82, 2.24) is 15.5 Å². The smallest absolute Gasteiger partial charge is 0.238 e. The van der Waals surface area contributed by atoms with Crippen LogP contribution in [0.25, 0.3) is 0 Å². The quantitative estimate of drug-likeness (QED) is 0.814. The van der Waals surface area contributed by atoms with E-state index in [0.717, 1.165) is 41.0 Å². The van der Waals surface area contributed by atoms with Crippen LogP contribution in [0.3, 0.4) is 0 Å². The summed E-state index contributed by atoms with van der Waals surface area (Å²) in [7, 11) is 0. The van der Waals surface area contributed by atoms with E-state index in [4.69, 9.17) is 4.74 Å². The molecule has 1 aromatic carbocycles. The van der Waals surface area contributed by atoms with Crippen LogP contribution in [-0.2, 0) is 6.54 Å². The molecule has 4 nitrogen and oxygen atoms in total. The van der Waals surface area contributed by atoms with Crippen LogP contribution < -0.4 is 10.1 Å². The summed E-state index contributed by atoms with van der Waals surface area (Å²) in [5.41, 5.74) is 2.04. The van der Waals surface area contributed by atoms with Gasteiger partial charge >= 0.3 is 0 Å². The predicted octanol–water partition coefficient (Wildman–Crippen LogP) is 3.84. The van der Waals surface area contributed by atoms with E-state index in [-0.39, 0.29) is 0 Å². The second-order valence-electron chi connectivity index (χ2n) is 4.55. The Balaban J connectivity index is 1.97. The van der Waals surface area contributed by atoms with Crippen LogP contribution in [0, 0.1) is 6.92 Å². The molecular formula is C15H18BrN3O. The Morgan fingerprint density at radius 1 is 1.20 bits per heavy atom. The van der Waals surface area contributed by atoms with Gasteiger partial charge in [0.15, 0.2) is 0 Å². The zero-order chi connectivity index (χ0) is 14.4. The number of nitrogens with zero attached hydrogens (tertiary/aromatic N) is 2. The van der Waals surface area contributed by atoms with E-state index in [9.17, 15) is 0 Å². The van der Waals surface area contributed by atoms with Crippen molar-refractivity contribution < 1.29 is 4.74 Å². The van der Waals surface area contributed by atoms with Gasteiger partial charge in [-0.15, -0.1) is 5.10 Å². The van der Waals surface area contributed by atoms with Gasteiger partial charge in [-0.25, -0.2) is 0 Å². The van der Waals surface area contributed by atoms with E-state index in [0.29, 0.717) is 5.88 Å². The lowest BCUT2D eigenvalue weighted by molar-refractivity contribution is 0.452. The number of hydrogen-bond donors (Lipinski definition) is 1. The van der Waals surface area contributed by atoms with E-state index in [2.05, 4.69) is 38.4 Å². The zero-order valence-corrected chi connectivity index (χ0v) is 13.3. The molecule has 0 radical (unpaired) electrons. The molecule has 0 aliphatic carbocycles. The van der Waals surface area contributed by atoms with Crippen molar-refractivity contribution in [3.8, 4) is 11.6 Å². The Hall–Kier alpha value is -1.46. The molecular weight excluding hydrogens is 318 g/mol. The lowest BCUT2D eigenvalue weighted by atomic mass is 10.2. The number of nitrogens with one attached hydrogen (secondary N) is 1. The third kappa shape index (κ3) is 4.28. The second kappa shape index (κ2) is 7.36. The van der Waals surface area contributed by atoms with Gasteiger partial charge in [-0.2, -0.15) is 5.10 Å². The molecule has 20 heavy (non-hydrogen) atoms. The van der Waals surface area contributed by atoms with E-state index in [1.165, 1.54) is 0 Å². The molecule has 0 saturated carbocycles. The lowest BCUT2D eigenvalue weighted by Gasteiger charge is -2.07. The molecule has 1 N–H and O–H groups in total. The van der Waals surface area contributed by atoms with Crippen molar-refractivity contribution >= 4 is 15.9 Å². The first-order chi connectivity index (χ1) is 9.69. The summed E-state index contributed by atoms with van der Waals surface area (Å²) in [6.07, 6.45) is 1.11. The maximum absolute atomic E-state index is 5.68. The fourth-order valence-electron chi connectivity index (χ4n) is 1.69. The molecule has 1 heterocycles. The Morgan fingerprint density at radius 2 is 2.05 bits per heavy atom. The molecule has 0 saturated heterocycles. The normalized spacial score (nSPS) is 10.6. The molecule has 2 rings (SSSR count). The largest absolute Gasteiger partial charge is 0.438 e. The van der Waals surface area contributed by atoms with Crippen LogP contribution in [0.1, 0.15) is 24.6 Å². The van der Waals surface area contributed by atoms with Crippen molar-refractivity contribution in [1.29, 1.82) is 0 Å². The molecule has 0 spiro atoms. The maximum Gasteiger partial charge on any atom is 0.238 e. The highest BCUT2D eigenvalue weighted by Crippen LogP contribution is 2.24. The minimum Gasteiger partial charge on any atom is -0.438 e. The Bertz CT molecular complexity index is 558. The van der Waals surface area contributed by atoms with Crippen LogP contribution in [0.5, 0.6) is 11.6 Å². The fourth-order valence-corrected chi connectivity index (χ4v) is 1.94. The van der Waals surface area contributed by atoms with Crippen LogP contribution >= 0.6 is 15.9 Å². The van der Waals surface area contributed by atoms with E-state index in [1.807, 2.05) is 37.3 Å². The number of aryl methyl sites for hydroxylation is 1. The first-order valence-corrected chi connectivity index (χ1v) is 7.45. The SMILES string of the molecule is CCCNCc1ccc(Oc2ccc(Br)c(C)c2)nn1. The monoisotopic (exact) mass is 335 g/mol. The molecule has 0 bridgehead atoms. The van der Waals surface area contributed by atoms with Crippen LogP contribution in [0.15, 0.2) is 34.8 Å². The van der Waals surface area contributed by atoms with Crippen LogP contribution in [0.4, 0.5) is 0 Å². The first kappa shape index (κ1) is 14.9. The summed E-state index contributed by atoms with van der Waals surface area (Å²) in [5.74, 6) is 1.27. The summed E-state index contributed by atoms with van der Waals surface area (Å²) in [4.78, 5) is 0. The highest BCUT2D eigenvalue weighted by atomic mass is 79.9. The number of ether oxygens (including phenoxy) is 1. The second-order valence-corrected chi connectivity index (χ2v) is 5.41. The van der Waals surface area contributed by atoms with Gasteiger partial charge in [0, 0.05) is 17.1 Å². The van der Waals surface area contributed by atoms with Crippen LogP contribution in [-0.4, -0.2) is 16.7 Å². The molecule has 2 aromatic rings. The fraction of sp³-hybridized carbons (Fsp3) is 0.333. The van der Waals surface area contributed by atoms with Crippen molar-refractivity contribution in [2.24, 2.45) is 0 Å². The minimum atomic E-state index is 0.506. The van der Waals surface area contributed by atoms with Gasteiger partial charge in [0.25, 0.3) is 0 Å². The molecule has 1 aromatic heterocycles. The van der Waals surface area contributed by atoms with Crippen molar-refractivity contribution in [2.45, 2.75) is 26.8 Å². The number of hydrogen-bond acceptors (Lipinski definition) is 4. The molecule has 106 valence electrons. The number of halogens is 1. The van der Waals surface area contributed by atoms with Gasteiger partial charge < -0.3 is 10.1 Å². The number of rotatable bonds is 6. The molecule has 0 atom stereocenters. The summed E-state index contributed by atoms with van der Waals surface area (Å²) >= 11 is 3.46. The molecule has 0 aliphatic rings. The van der Waals surface area contributed by atoms with Gasteiger partial charge in [0.2, 0.25) is 5.88 Å². The summed E-state index contributed by atoms with van der Waals surface area (Å²) < 4.78 is 6.74. The first-order valence-electron chi connectivity index (χ1n) is 6.66. The molecule has 0 amide bonds. The summed E-state index contributed by atoms with van der Waals surface area (Å²) in [5, 5.41) is 11.5. The van der Waals surface area contributed by atoms with Crippen molar-refractivity contribution in [3.63, 3.8) is 0 Å². The molecule has 0 aliphatic heterocycles. The standard InChI is InChI=1S/C15H18BrN3O/c1-3-8-17-10-12-4-7-15(19-18-12)20-13-5-6-14(16)11(2)9-13/h4-7,9,17H,3,8,10H2,1-2H3. The molecule has 0 unspecified atom stereocenters. The molecule has 0 fully saturated rings. The van der Waals surface area contributed by atoms with Crippen molar-refractivity contribution in [2.75, 3.05) is 6.54 Å². The Morgan fingerprint density at radius 3 is 2.70 bits per heavy atom. The number of aromatic nitrogens is 2. The third-order valence-corrected chi connectivity index (χ3v) is 3.67. The average Bonchev–Trinajstić information content (AvgIpc) is 2.45. The Kier molecular flexibility index (Phi) is 5.49. The van der Waals surface area contributed by atoms with Gasteiger partial charge in [0.05, 0.1) is 5.69 Å². The summed E-state index contributed by atoms with van der Waals surface area (Å²) in [6.45, 7) is 5.87. The van der Waals surface area contributed by atoms with E-state index in [1.54, 1.807) is 0 Å². The van der Waals surface area contributed by atoms with Gasteiger partial charge in [-0.3, -0.25) is 0 Å². The lowest BCUT2D eigenvalue weighted by Crippen LogP contribution is -2.15. The van der Waals surface area contributed by atoms with Gasteiger partial charge in [0.1, 0.15) is 5.75 Å². The number of benzene rings is 1. The topological polar surface area (TPSA) is 47.0 Å². The predicted molar refractivity (Wildman–Crippen MR) is 83.0 cm³/mol. The Labute approximate surface area is 127 Å². The van der Waals surface area contributed by atoms with Gasteiger partial charge in [-0.05, 0) is 49.7 Å². The minimum absolute atomic E-state index is 0.506. The van der Waals surface area contributed by atoms with E-state index >= 15 is 0 Å². The van der Waals surface area contributed by atoms with E-state index < -0.39 is 0 Å². The summed E-state index contributed by atoms with van der Waals surface area (Å²) in [6, 6.07) is 9.59. The highest BCUT2D eigenvalue weighted by Gasteiger charge is 2.02. The third-order valence-electron chi connectivity index (χ3n) is 2.78. The van der Waals surface area contributed by atoms with Crippen LogP contribution in [0.2, 0.25) is 0 Å².